The van der Waals surface area contributed by atoms with Crippen molar-refractivity contribution in [3.8, 4) is 5.75 Å². The van der Waals surface area contributed by atoms with Crippen molar-refractivity contribution >= 4 is 45.9 Å². The van der Waals surface area contributed by atoms with Crippen molar-refractivity contribution < 1.29 is 9.84 Å². The van der Waals surface area contributed by atoms with Crippen LogP contribution in [0.25, 0.3) is 10.9 Å². The highest BCUT2D eigenvalue weighted by Crippen LogP contribution is 2.37. The van der Waals surface area contributed by atoms with Crippen LogP contribution in [0.2, 0.25) is 10.0 Å². The first-order valence-corrected chi connectivity index (χ1v) is 13.6. The number of piperidine rings is 1. The zero-order valence-electron chi connectivity index (χ0n) is 19.6. The van der Waals surface area contributed by atoms with E-state index in [0.717, 1.165) is 84.7 Å². The lowest BCUT2D eigenvalue weighted by atomic mass is 9.75. The van der Waals surface area contributed by atoms with Crippen LogP contribution in [0, 0.1) is 5.41 Å². The number of methoxy groups -OCH3 is 1. The van der Waals surface area contributed by atoms with Gasteiger partial charge >= 0.3 is 0 Å². The first-order chi connectivity index (χ1) is 16.5. The van der Waals surface area contributed by atoms with Gasteiger partial charge in [-0.2, -0.15) is 0 Å². The fraction of sp³-hybridized carbons (Fsp3) is 0.444. The molecule has 4 rings (SSSR count). The van der Waals surface area contributed by atoms with Crippen molar-refractivity contribution in [2.75, 3.05) is 39.1 Å². The van der Waals surface area contributed by atoms with E-state index in [-0.39, 0.29) is 12.0 Å². The second-order valence-electron chi connectivity index (χ2n) is 9.12. The van der Waals surface area contributed by atoms with E-state index >= 15 is 0 Å². The Morgan fingerprint density at radius 1 is 1.12 bits per heavy atom. The molecule has 1 fully saturated rings. The number of halogens is 2. The van der Waals surface area contributed by atoms with Gasteiger partial charge in [-0.05, 0) is 98.6 Å². The number of nitrogens with zero attached hydrogens (tertiary/aromatic N) is 2. The summed E-state index contributed by atoms with van der Waals surface area (Å²) in [6, 6.07) is 14.0. The van der Waals surface area contributed by atoms with E-state index in [0.29, 0.717) is 5.02 Å². The van der Waals surface area contributed by atoms with Crippen molar-refractivity contribution in [3.63, 3.8) is 0 Å². The van der Waals surface area contributed by atoms with Gasteiger partial charge in [-0.3, -0.25) is 4.98 Å². The fourth-order valence-corrected chi connectivity index (χ4v) is 6.07. The molecule has 34 heavy (non-hydrogen) atoms. The normalized spacial score (nSPS) is 16.1. The zero-order valence-corrected chi connectivity index (χ0v) is 21.9. The Bertz CT molecular complexity index is 1090. The molecule has 0 atom stereocenters. The highest BCUT2D eigenvalue weighted by molar-refractivity contribution is 7.99. The minimum absolute atomic E-state index is 0.00677. The molecule has 0 aliphatic carbocycles. The largest absolute Gasteiger partial charge is 0.497 e. The average Bonchev–Trinajstić information content (AvgIpc) is 2.87. The summed E-state index contributed by atoms with van der Waals surface area (Å²) in [5.74, 6) is 1.87. The van der Waals surface area contributed by atoms with Crippen LogP contribution in [0.1, 0.15) is 31.2 Å². The lowest BCUT2D eigenvalue weighted by molar-refractivity contribution is 0.0378. The SMILES string of the molecule is COc1ccc2ncc(Cl)c(CCCC3(CO)CCN(CCSc4ccc(Cl)cc4)CC3)c2c1. The van der Waals surface area contributed by atoms with Gasteiger partial charge in [0.25, 0.3) is 0 Å². The van der Waals surface area contributed by atoms with E-state index in [2.05, 4.69) is 22.0 Å². The summed E-state index contributed by atoms with van der Waals surface area (Å²) in [6.45, 7) is 3.39. The molecule has 1 aromatic heterocycles. The Labute approximate surface area is 216 Å². The molecule has 0 unspecified atom stereocenters. The lowest BCUT2D eigenvalue weighted by Gasteiger charge is -2.41. The van der Waals surface area contributed by atoms with Crippen LogP contribution in [0.4, 0.5) is 0 Å². The van der Waals surface area contributed by atoms with Gasteiger partial charge < -0.3 is 14.7 Å². The number of likely N-dealkylation sites (tertiary alicyclic amines) is 1. The number of hydrogen-bond acceptors (Lipinski definition) is 5. The molecule has 1 saturated heterocycles. The third-order valence-electron chi connectivity index (χ3n) is 7.01. The van der Waals surface area contributed by atoms with Crippen LogP contribution in [0.3, 0.4) is 0 Å². The molecule has 0 radical (unpaired) electrons. The van der Waals surface area contributed by atoms with Gasteiger partial charge in [0.05, 0.1) is 17.6 Å². The predicted molar refractivity (Wildman–Crippen MR) is 144 cm³/mol. The maximum absolute atomic E-state index is 10.3. The zero-order chi connectivity index (χ0) is 24.0. The summed E-state index contributed by atoms with van der Waals surface area (Å²) >= 11 is 14.4. The number of aliphatic hydroxyl groups is 1. The van der Waals surface area contributed by atoms with E-state index in [1.54, 1.807) is 13.3 Å². The summed E-state index contributed by atoms with van der Waals surface area (Å²) in [5.41, 5.74) is 2.06. The van der Waals surface area contributed by atoms with Gasteiger partial charge in [0, 0.05) is 40.4 Å². The van der Waals surface area contributed by atoms with E-state index in [4.69, 9.17) is 27.9 Å². The number of thioether (sulfide) groups is 1. The molecule has 2 heterocycles. The smallest absolute Gasteiger partial charge is 0.119 e. The molecule has 1 aliphatic heterocycles. The van der Waals surface area contributed by atoms with Crippen molar-refractivity contribution in [2.24, 2.45) is 5.41 Å². The third-order valence-corrected chi connectivity index (χ3v) is 8.58. The van der Waals surface area contributed by atoms with Gasteiger partial charge in [0.2, 0.25) is 0 Å². The van der Waals surface area contributed by atoms with Gasteiger partial charge in [-0.1, -0.05) is 23.2 Å². The Morgan fingerprint density at radius 2 is 1.88 bits per heavy atom. The Balaban J connectivity index is 1.28. The van der Waals surface area contributed by atoms with E-state index in [1.165, 1.54) is 4.90 Å². The standard InChI is InChI=1S/C27H32Cl2N2O2S/c1-33-21-6-9-26-24(17-21)23(25(29)18-30-26)3-2-10-27(19-32)11-13-31(14-12-27)15-16-34-22-7-4-20(28)5-8-22/h4-9,17-18,32H,2-3,10-16,19H2,1H3. The predicted octanol–water partition coefficient (Wildman–Crippen LogP) is 6.74. The summed E-state index contributed by atoms with van der Waals surface area (Å²) in [4.78, 5) is 8.24. The minimum Gasteiger partial charge on any atom is -0.497 e. The van der Waals surface area contributed by atoms with Gasteiger partial charge in [0.15, 0.2) is 0 Å². The fourth-order valence-electron chi connectivity index (χ4n) is 4.79. The molecule has 7 heteroatoms. The number of pyridine rings is 1. The molecule has 1 N–H and O–H groups in total. The van der Waals surface area contributed by atoms with Crippen LogP contribution < -0.4 is 4.74 Å². The van der Waals surface area contributed by atoms with Crippen molar-refractivity contribution in [1.82, 2.24) is 9.88 Å². The number of aryl methyl sites for hydroxylation is 1. The molecule has 0 bridgehead atoms. The number of rotatable bonds is 10. The number of fused-ring (bicyclic) bond motifs is 1. The Kier molecular flexibility index (Phi) is 9.00. The molecule has 0 spiro atoms. The van der Waals surface area contributed by atoms with Gasteiger partial charge in [-0.15, -0.1) is 11.8 Å². The van der Waals surface area contributed by atoms with Crippen molar-refractivity contribution in [1.29, 1.82) is 0 Å². The highest BCUT2D eigenvalue weighted by Gasteiger charge is 2.33. The average molecular weight is 520 g/mol. The van der Waals surface area contributed by atoms with Crippen LogP contribution in [-0.4, -0.2) is 54.1 Å². The van der Waals surface area contributed by atoms with E-state index in [1.807, 2.05) is 42.1 Å². The molecular formula is C27H32Cl2N2O2S. The summed E-state index contributed by atoms with van der Waals surface area (Å²) in [7, 11) is 1.67. The van der Waals surface area contributed by atoms with Crippen LogP contribution in [-0.2, 0) is 6.42 Å². The van der Waals surface area contributed by atoms with Crippen LogP contribution in [0.5, 0.6) is 5.75 Å². The molecule has 182 valence electrons. The molecule has 3 aromatic rings. The number of benzene rings is 2. The monoisotopic (exact) mass is 518 g/mol. The van der Waals surface area contributed by atoms with Crippen LogP contribution >= 0.6 is 35.0 Å². The highest BCUT2D eigenvalue weighted by atomic mass is 35.5. The van der Waals surface area contributed by atoms with Crippen molar-refractivity contribution in [2.45, 2.75) is 37.0 Å². The summed E-state index contributed by atoms with van der Waals surface area (Å²) < 4.78 is 5.40. The first-order valence-electron chi connectivity index (χ1n) is 11.8. The molecule has 0 saturated carbocycles. The Hall–Kier alpha value is -1.50. The molecule has 2 aromatic carbocycles. The maximum Gasteiger partial charge on any atom is 0.119 e. The van der Waals surface area contributed by atoms with E-state index < -0.39 is 0 Å². The second kappa shape index (κ2) is 12.0. The number of hydrogen-bond donors (Lipinski definition) is 1. The first kappa shape index (κ1) is 25.6. The molecular weight excluding hydrogens is 487 g/mol. The van der Waals surface area contributed by atoms with Crippen LogP contribution in [0.15, 0.2) is 53.6 Å². The quantitative estimate of drug-likeness (QED) is 0.301. The molecule has 1 aliphatic rings. The molecule has 0 amide bonds. The summed E-state index contributed by atoms with van der Waals surface area (Å²) in [5, 5.41) is 12.8. The van der Waals surface area contributed by atoms with Crippen molar-refractivity contribution in [3.05, 3.63) is 64.3 Å². The van der Waals surface area contributed by atoms with E-state index in [9.17, 15) is 5.11 Å². The topological polar surface area (TPSA) is 45.6 Å². The minimum atomic E-state index is 0.00677. The summed E-state index contributed by atoms with van der Waals surface area (Å²) in [6.07, 6.45) is 6.67. The maximum atomic E-state index is 10.3. The number of ether oxygens (including phenoxy) is 1. The third kappa shape index (κ3) is 6.38. The lowest BCUT2D eigenvalue weighted by Crippen LogP contribution is -2.42. The second-order valence-corrected chi connectivity index (χ2v) is 11.1. The number of aliphatic hydroxyl groups excluding tert-OH is 1. The molecule has 4 nitrogen and oxygen atoms in total. The van der Waals surface area contributed by atoms with Gasteiger partial charge in [-0.25, -0.2) is 0 Å². The van der Waals surface area contributed by atoms with Gasteiger partial charge in [0.1, 0.15) is 5.75 Å². The Morgan fingerprint density at radius 3 is 2.59 bits per heavy atom. The number of aromatic nitrogens is 1.